The van der Waals surface area contributed by atoms with E-state index in [1.807, 2.05) is 31.2 Å². The van der Waals surface area contributed by atoms with Gasteiger partial charge in [-0.05, 0) is 57.2 Å². The molecule has 1 saturated carbocycles. The van der Waals surface area contributed by atoms with Crippen LogP contribution in [0.2, 0.25) is 0 Å². The Bertz CT molecular complexity index is 422. The molecule has 0 amide bonds. The van der Waals surface area contributed by atoms with Crippen LogP contribution in [-0.2, 0) is 9.53 Å². The van der Waals surface area contributed by atoms with Crippen LogP contribution in [0.25, 0.3) is 0 Å². The Morgan fingerprint density at radius 2 is 2.00 bits per heavy atom. The highest BCUT2D eigenvalue weighted by Crippen LogP contribution is 2.21. The number of hydrogen-bond donors (Lipinski definition) is 0. The normalized spacial score (nSPS) is 17.8. The van der Waals surface area contributed by atoms with E-state index >= 15 is 0 Å². The monoisotopic (exact) mass is 262 g/mol. The maximum absolute atomic E-state index is 12.0. The molecule has 0 saturated heterocycles. The minimum Gasteiger partial charge on any atom is -0.479 e. The van der Waals surface area contributed by atoms with Crippen LogP contribution >= 0.6 is 0 Å². The highest BCUT2D eigenvalue weighted by atomic mass is 16.6. The van der Waals surface area contributed by atoms with Crippen LogP contribution in [0.15, 0.2) is 24.3 Å². The number of esters is 1. The standard InChI is InChI=1S/C16H22O3/c1-12-7-6-10-15(11-12)18-13(2)16(17)19-14-8-4-3-5-9-14/h6-7,10-11,13-14H,3-5,8-9H2,1-2H3. The molecule has 104 valence electrons. The van der Waals surface area contributed by atoms with E-state index in [1.165, 1.54) is 6.42 Å². The Hall–Kier alpha value is -1.51. The molecule has 0 aliphatic heterocycles. The second kappa shape index (κ2) is 6.60. The molecule has 3 heteroatoms. The Labute approximate surface area is 114 Å². The van der Waals surface area contributed by atoms with E-state index in [4.69, 9.17) is 9.47 Å². The molecule has 0 bridgehead atoms. The average molecular weight is 262 g/mol. The van der Waals surface area contributed by atoms with Gasteiger partial charge in [-0.2, -0.15) is 0 Å². The first-order chi connectivity index (χ1) is 9.15. The van der Waals surface area contributed by atoms with E-state index in [0.29, 0.717) is 5.75 Å². The van der Waals surface area contributed by atoms with Gasteiger partial charge < -0.3 is 9.47 Å². The summed E-state index contributed by atoms with van der Waals surface area (Å²) in [5, 5.41) is 0. The fourth-order valence-corrected chi connectivity index (χ4v) is 2.38. The van der Waals surface area contributed by atoms with Gasteiger partial charge in [-0.3, -0.25) is 0 Å². The second-order valence-electron chi connectivity index (χ2n) is 5.27. The molecule has 1 aromatic rings. The summed E-state index contributed by atoms with van der Waals surface area (Å²) >= 11 is 0. The third-order valence-corrected chi connectivity index (χ3v) is 3.47. The number of aryl methyl sites for hydroxylation is 1. The molecule has 2 rings (SSSR count). The fraction of sp³-hybridized carbons (Fsp3) is 0.562. The van der Waals surface area contributed by atoms with Gasteiger partial charge in [0.15, 0.2) is 6.10 Å². The second-order valence-corrected chi connectivity index (χ2v) is 5.27. The molecule has 1 unspecified atom stereocenters. The van der Waals surface area contributed by atoms with Gasteiger partial charge in [0, 0.05) is 0 Å². The van der Waals surface area contributed by atoms with Crippen LogP contribution < -0.4 is 4.74 Å². The van der Waals surface area contributed by atoms with Crippen LogP contribution in [-0.4, -0.2) is 18.2 Å². The molecule has 3 nitrogen and oxygen atoms in total. The molecule has 19 heavy (non-hydrogen) atoms. The van der Waals surface area contributed by atoms with Crippen molar-refractivity contribution in [1.29, 1.82) is 0 Å². The molecule has 0 radical (unpaired) electrons. The zero-order valence-electron chi connectivity index (χ0n) is 11.7. The van der Waals surface area contributed by atoms with Crippen molar-refractivity contribution in [2.45, 2.75) is 58.2 Å². The molecule has 1 fully saturated rings. The van der Waals surface area contributed by atoms with E-state index in [-0.39, 0.29) is 12.1 Å². The SMILES string of the molecule is Cc1cccc(OC(C)C(=O)OC2CCCCC2)c1. The van der Waals surface area contributed by atoms with Crippen molar-refractivity contribution in [1.82, 2.24) is 0 Å². The summed E-state index contributed by atoms with van der Waals surface area (Å²) in [4.78, 5) is 12.0. The lowest BCUT2D eigenvalue weighted by atomic mass is 9.98. The number of carbonyl (C=O) groups is 1. The predicted octanol–water partition coefficient (Wildman–Crippen LogP) is 3.64. The highest BCUT2D eigenvalue weighted by molar-refractivity contribution is 5.74. The fourth-order valence-electron chi connectivity index (χ4n) is 2.38. The van der Waals surface area contributed by atoms with Crippen LogP contribution in [0.3, 0.4) is 0 Å². The predicted molar refractivity (Wildman–Crippen MR) is 74.2 cm³/mol. The van der Waals surface area contributed by atoms with Crippen molar-refractivity contribution in [3.05, 3.63) is 29.8 Å². The molecule has 0 aromatic heterocycles. The Morgan fingerprint density at radius 3 is 2.68 bits per heavy atom. The van der Waals surface area contributed by atoms with Crippen LogP contribution in [0.4, 0.5) is 0 Å². The van der Waals surface area contributed by atoms with E-state index in [0.717, 1.165) is 31.2 Å². The van der Waals surface area contributed by atoms with Crippen molar-refractivity contribution in [2.75, 3.05) is 0 Å². The van der Waals surface area contributed by atoms with Gasteiger partial charge >= 0.3 is 5.97 Å². The van der Waals surface area contributed by atoms with Crippen LogP contribution in [0, 0.1) is 6.92 Å². The van der Waals surface area contributed by atoms with E-state index in [2.05, 4.69) is 0 Å². The maximum atomic E-state index is 12.0. The quantitative estimate of drug-likeness (QED) is 0.777. The number of benzene rings is 1. The summed E-state index contributed by atoms with van der Waals surface area (Å²) in [6.45, 7) is 3.74. The van der Waals surface area contributed by atoms with E-state index in [9.17, 15) is 4.79 Å². The lowest BCUT2D eigenvalue weighted by molar-refractivity contribution is -0.158. The number of carbonyl (C=O) groups excluding carboxylic acids is 1. The van der Waals surface area contributed by atoms with Gasteiger partial charge in [-0.15, -0.1) is 0 Å². The molecular formula is C16H22O3. The molecule has 1 atom stereocenters. The summed E-state index contributed by atoms with van der Waals surface area (Å²) in [7, 11) is 0. The zero-order chi connectivity index (χ0) is 13.7. The maximum Gasteiger partial charge on any atom is 0.347 e. The summed E-state index contributed by atoms with van der Waals surface area (Å²) in [5.74, 6) is 0.460. The summed E-state index contributed by atoms with van der Waals surface area (Å²) < 4.78 is 11.1. The molecule has 1 aliphatic rings. The minimum absolute atomic E-state index is 0.0878. The molecule has 1 aromatic carbocycles. The lowest BCUT2D eigenvalue weighted by Crippen LogP contribution is -2.31. The Morgan fingerprint density at radius 1 is 1.26 bits per heavy atom. The lowest BCUT2D eigenvalue weighted by Gasteiger charge is -2.23. The van der Waals surface area contributed by atoms with Crippen molar-refractivity contribution in [3.63, 3.8) is 0 Å². The number of hydrogen-bond acceptors (Lipinski definition) is 3. The largest absolute Gasteiger partial charge is 0.479 e. The third-order valence-electron chi connectivity index (χ3n) is 3.47. The van der Waals surface area contributed by atoms with Gasteiger partial charge in [-0.1, -0.05) is 18.6 Å². The Balaban J connectivity index is 1.84. The Kier molecular flexibility index (Phi) is 4.83. The summed E-state index contributed by atoms with van der Waals surface area (Å²) in [6, 6.07) is 7.70. The van der Waals surface area contributed by atoms with Crippen LogP contribution in [0.5, 0.6) is 5.75 Å². The molecule has 0 spiro atoms. The first-order valence-corrected chi connectivity index (χ1v) is 7.09. The molecule has 1 aliphatic carbocycles. The number of rotatable bonds is 4. The molecule has 0 N–H and O–H groups in total. The first-order valence-electron chi connectivity index (χ1n) is 7.09. The van der Waals surface area contributed by atoms with Gasteiger partial charge in [0.05, 0.1) is 0 Å². The molecule has 0 heterocycles. The number of ether oxygens (including phenoxy) is 2. The van der Waals surface area contributed by atoms with Crippen molar-refractivity contribution in [3.8, 4) is 5.75 Å². The van der Waals surface area contributed by atoms with Crippen molar-refractivity contribution in [2.24, 2.45) is 0 Å². The summed E-state index contributed by atoms with van der Waals surface area (Å²) in [6.07, 6.45) is 5.08. The highest BCUT2D eigenvalue weighted by Gasteiger charge is 2.22. The van der Waals surface area contributed by atoms with Crippen molar-refractivity contribution < 1.29 is 14.3 Å². The third kappa shape index (κ3) is 4.27. The zero-order valence-corrected chi connectivity index (χ0v) is 11.7. The average Bonchev–Trinajstić information content (AvgIpc) is 2.40. The van der Waals surface area contributed by atoms with Crippen LogP contribution in [0.1, 0.15) is 44.6 Å². The summed E-state index contributed by atoms with van der Waals surface area (Å²) in [5.41, 5.74) is 1.12. The minimum atomic E-state index is -0.552. The smallest absolute Gasteiger partial charge is 0.347 e. The van der Waals surface area contributed by atoms with Gasteiger partial charge in [0.1, 0.15) is 11.9 Å². The molecular weight excluding hydrogens is 240 g/mol. The van der Waals surface area contributed by atoms with Gasteiger partial charge in [-0.25, -0.2) is 4.79 Å². The first kappa shape index (κ1) is 13.9. The van der Waals surface area contributed by atoms with Gasteiger partial charge in [0.2, 0.25) is 0 Å². The van der Waals surface area contributed by atoms with E-state index in [1.54, 1.807) is 6.92 Å². The topological polar surface area (TPSA) is 35.5 Å². The van der Waals surface area contributed by atoms with Crippen molar-refractivity contribution >= 4 is 5.97 Å². The van der Waals surface area contributed by atoms with E-state index < -0.39 is 6.10 Å². The van der Waals surface area contributed by atoms with Gasteiger partial charge in [0.25, 0.3) is 0 Å².